The number of hydrogen-bond donors (Lipinski definition) is 1. The summed E-state index contributed by atoms with van der Waals surface area (Å²) in [5.41, 5.74) is 4.96. The highest BCUT2D eigenvalue weighted by Crippen LogP contribution is 2.07. The van der Waals surface area contributed by atoms with Crippen molar-refractivity contribution in [2.45, 2.75) is 0 Å². The number of likely N-dealkylation sites (N-methyl/N-ethyl adjacent to an activating group) is 1. The van der Waals surface area contributed by atoms with Crippen molar-refractivity contribution >= 4 is 11.8 Å². The quantitative estimate of drug-likeness (QED) is 0.762. The highest BCUT2D eigenvalue weighted by Gasteiger charge is 2.11. The average Bonchev–Trinajstić information content (AvgIpc) is 2.26. The van der Waals surface area contributed by atoms with E-state index in [0.29, 0.717) is 5.75 Å². The summed E-state index contributed by atoms with van der Waals surface area (Å²) >= 11 is 0. The van der Waals surface area contributed by atoms with Gasteiger partial charge in [0.05, 0.1) is 6.54 Å². The molecule has 2 N–H and O–H groups in total. The topological polar surface area (TPSA) is 72.6 Å². The second-order valence-corrected chi connectivity index (χ2v) is 3.32. The van der Waals surface area contributed by atoms with Gasteiger partial charge in [0.15, 0.2) is 6.61 Å². The molecular formula is C11H14N2O3. The van der Waals surface area contributed by atoms with E-state index in [0.717, 1.165) is 0 Å². The summed E-state index contributed by atoms with van der Waals surface area (Å²) in [6, 6.07) is 8.98. The molecule has 0 radical (unpaired) electrons. The van der Waals surface area contributed by atoms with Crippen molar-refractivity contribution in [2.75, 3.05) is 20.2 Å². The van der Waals surface area contributed by atoms with Gasteiger partial charge in [-0.25, -0.2) is 0 Å². The van der Waals surface area contributed by atoms with Gasteiger partial charge >= 0.3 is 0 Å². The number of nitrogens with two attached hydrogens (primary N) is 1. The largest absolute Gasteiger partial charge is 0.484 e. The Kier molecular flexibility index (Phi) is 4.32. The Bertz CT molecular complexity index is 365. The lowest BCUT2D eigenvalue weighted by molar-refractivity contribution is -0.135. The van der Waals surface area contributed by atoms with Crippen LogP contribution in [0.2, 0.25) is 0 Å². The van der Waals surface area contributed by atoms with Crippen molar-refractivity contribution in [3.8, 4) is 5.75 Å². The molecule has 0 aliphatic heterocycles. The standard InChI is InChI=1S/C11H14N2O3/c1-13(7-10(12)14)11(15)8-16-9-5-3-2-4-6-9/h2-6H,7-8H2,1H3,(H2,12,14). The van der Waals surface area contributed by atoms with Gasteiger partial charge in [0.25, 0.3) is 5.91 Å². The number of para-hydroxylation sites is 1. The molecule has 0 fully saturated rings. The Balaban J connectivity index is 2.38. The lowest BCUT2D eigenvalue weighted by Crippen LogP contribution is -2.38. The van der Waals surface area contributed by atoms with Crippen molar-refractivity contribution in [3.63, 3.8) is 0 Å². The summed E-state index contributed by atoms with van der Waals surface area (Å²) in [4.78, 5) is 23.2. The molecule has 0 saturated carbocycles. The minimum Gasteiger partial charge on any atom is -0.484 e. The molecular weight excluding hydrogens is 208 g/mol. The van der Waals surface area contributed by atoms with Crippen LogP contribution >= 0.6 is 0 Å². The molecule has 0 unspecified atom stereocenters. The number of carbonyl (C=O) groups excluding carboxylic acids is 2. The number of primary amides is 1. The van der Waals surface area contributed by atoms with E-state index in [1.807, 2.05) is 18.2 Å². The van der Waals surface area contributed by atoms with Gasteiger partial charge in [-0.2, -0.15) is 0 Å². The Labute approximate surface area is 93.8 Å². The van der Waals surface area contributed by atoms with Crippen LogP contribution in [0.3, 0.4) is 0 Å². The first-order valence-corrected chi connectivity index (χ1v) is 4.79. The highest BCUT2D eigenvalue weighted by atomic mass is 16.5. The molecule has 0 atom stereocenters. The van der Waals surface area contributed by atoms with Gasteiger partial charge in [-0.1, -0.05) is 18.2 Å². The zero-order chi connectivity index (χ0) is 12.0. The van der Waals surface area contributed by atoms with Crippen LogP contribution in [0.1, 0.15) is 0 Å². The van der Waals surface area contributed by atoms with Gasteiger partial charge in [-0.15, -0.1) is 0 Å². The minimum atomic E-state index is -0.546. The minimum absolute atomic E-state index is 0.100. The third-order valence-electron chi connectivity index (χ3n) is 1.92. The number of nitrogens with zero attached hydrogens (tertiary/aromatic N) is 1. The normalized spacial score (nSPS) is 9.56. The maximum absolute atomic E-state index is 11.4. The first-order chi connectivity index (χ1) is 7.59. The fourth-order valence-electron chi connectivity index (χ4n) is 1.09. The second kappa shape index (κ2) is 5.75. The summed E-state index contributed by atoms with van der Waals surface area (Å²) in [5.74, 6) is -0.221. The molecule has 2 amide bonds. The van der Waals surface area contributed by atoms with Gasteiger partial charge in [0.1, 0.15) is 5.75 Å². The van der Waals surface area contributed by atoms with E-state index in [-0.39, 0.29) is 19.1 Å². The molecule has 1 rings (SSSR count). The molecule has 0 aliphatic carbocycles. The van der Waals surface area contributed by atoms with Crippen molar-refractivity contribution < 1.29 is 14.3 Å². The average molecular weight is 222 g/mol. The van der Waals surface area contributed by atoms with Crippen LogP contribution in [0.4, 0.5) is 0 Å². The summed E-state index contributed by atoms with van der Waals surface area (Å²) in [5, 5.41) is 0. The zero-order valence-electron chi connectivity index (χ0n) is 9.05. The van der Waals surface area contributed by atoms with Crippen LogP contribution in [0.15, 0.2) is 30.3 Å². The van der Waals surface area contributed by atoms with Crippen LogP contribution < -0.4 is 10.5 Å². The Morgan fingerprint density at radius 3 is 2.50 bits per heavy atom. The molecule has 0 aliphatic rings. The van der Waals surface area contributed by atoms with Crippen molar-refractivity contribution in [2.24, 2.45) is 5.73 Å². The van der Waals surface area contributed by atoms with Gasteiger partial charge < -0.3 is 15.4 Å². The van der Waals surface area contributed by atoms with E-state index >= 15 is 0 Å². The third-order valence-corrected chi connectivity index (χ3v) is 1.92. The molecule has 5 nitrogen and oxygen atoms in total. The van der Waals surface area contributed by atoms with E-state index in [4.69, 9.17) is 10.5 Å². The number of rotatable bonds is 5. The second-order valence-electron chi connectivity index (χ2n) is 3.32. The molecule has 16 heavy (non-hydrogen) atoms. The highest BCUT2D eigenvalue weighted by molar-refractivity contribution is 5.84. The number of hydrogen-bond acceptors (Lipinski definition) is 3. The predicted octanol–water partition coefficient (Wildman–Crippen LogP) is 0.00910. The lowest BCUT2D eigenvalue weighted by atomic mass is 10.3. The number of ether oxygens (including phenoxy) is 1. The van der Waals surface area contributed by atoms with Gasteiger partial charge in [-0.3, -0.25) is 9.59 Å². The lowest BCUT2D eigenvalue weighted by Gasteiger charge is -2.15. The zero-order valence-corrected chi connectivity index (χ0v) is 9.05. The number of carbonyl (C=O) groups is 2. The molecule has 0 saturated heterocycles. The summed E-state index contributed by atoms with van der Waals surface area (Å²) in [7, 11) is 1.50. The smallest absolute Gasteiger partial charge is 0.260 e. The fraction of sp³-hybridized carbons (Fsp3) is 0.273. The summed E-state index contributed by atoms with van der Waals surface area (Å²) < 4.78 is 5.23. The Morgan fingerprint density at radius 1 is 1.31 bits per heavy atom. The molecule has 5 heteroatoms. The Hall–Kier alpha value is -2.04. The molecule has 0 aromatic heterocycles. The summed E-state index contributed by atoms with van der Waals surface area (Å²) in [6.45, 7) is -0.204. The van der Waals surface area contributed by atoms with Crippen LogP contribution in [0.5, 0.6) is 5.75 Å². The van der Waals surface area contributed by atoms with E-state index < -0.39 is 5.91 Å². The maximum atomic E-state index is 11.4. The van der Waals surface area contributed by atoms with E-state index in [9.17, 15) is 9.59 Å². The maximum Gasteiger partial charge on any atom is 0.260 e. The van der Waals surface area contributed by atoms with Crippen molar-refractivity contribution in [1.82, 2.24) is 4.90 Å². The SMILES string of the molecule is CN(CC(N)=O)C(=O)COc1ccccc1. The molecule has 1 aromatic carbocycles. The van der Waals surface area contributed by atoms with Crippen LogP contribution in [-0.4, -0.2) is 36.9 Å². The van der Waals surface area contributed by atoms with Gasteiger partial charge in [-0.05, 0) is 12.1 Å². The monoisotopic (exact) mass is 222 g/mol. The van der Waals surface area contributed by atoms with Gasteiger partial charge in [0.2, 0.25) is 5.91 Å². The summed E-state index contributed by atoms with van der Waals surface area (Å²) in [6.07, 6.45) is 0. The first kappa shape index (κ1) is 12.0. The van der Waals surface area contributed by atoms with Crippen LogP contribution in [0.25, 0.3) is 0 Å². The van der Waals surface area contributed by atoms with Crippen molar-refractivity contribution in [3.05, 3.63) is 30.3 Å². The van der Waals surface area contributed by atoms with Crippen LogP contribution in [0, 0.1) is 0 Å². The molecule has 86 valence electrons. The van der Waals surface area contributed by atoms with Crippen LogP contribution in [-0.2, 0) is 9.59 Å². The number of benzene rings is 1. The first-order valence-electron chi connectivity index (χ1n) is 4.79. The van der Waals surface area contributed by atoms with Crippen molar-refractivity contribution in [1.29, 1.82) is 0 Å². The molecule has 0 spiro atoms. The third kappa shape index (κ3) is 4.00. The van der Waals surface area contributed by atoms with E-state index in [1.165, 1.54) is 11.9 Å². The van der Waals surface area contributed by atoms with E-state index in [2.05, 4.69) is 0 Å². The van der Waals surface area contributed by atoms with E-state index in [1.54, 1.807) is 12.1 Å². The molecule has 0 heterocycles. The number of amides is 2. The predicted molar refractivity (Wildman–Crippen MR) is 58.8 cm³/mol. The molecule has 0 bridgehead atoms. The Morgan fingerprint density at radius 2 is 1.94 bits per heavy atom. The fourth-order valence-corrected chi connectivity index (χ4v) is 1.09. The molecule has 1 aromatic rings. The van der Waals surface area contributed by atoms with Gasteiger partial charge in [0, 0.05) is 7.05 Å².